The lowest BCUT2D eigenvalue weighted by molar-refractivity contribution is -0.169. The van der Waals surface area contributed by atoms with Gasteiger partial charge in [0.1, 0.15) is 11.5 Å². The van der Waals surface area contributed by atoms with Gasteiger partial charge in [0, 0.05) is 6.42 Å². The van der Waals surface area contributed by atoms with Crippen LogP contribution in [0, 0.1) is 0 Å². The van der Waals surface area contributed by atoms with Gasteiger partial charge < -0.3 is 20.4 Å². The van der Waals surface area contributed by atoms with E-state index in [0.29, 0.717) is 5.56 Å². The molecule has 0 fully saturated rings. The van der Waals surface area contributed by atoms with Crippen molar-refractivity contribution in [3.8, 4) is 11.5 Å². The minimum absolute atomic E-state index is 0.00764. The Morgan fingerprint density at radius 2 is 1.33 bits per heavy atom. The predicted molar refractivity (Wildman–Crippen MR) is 66.0 cm³/mol. The van der Waals surface area contributed by atoms with Gasteiger partial charge in [0.05, 0.1) is 5.56 Å². The largest absolute Gasteiger partial charge is 0.508 e. The van der Waals surface area contributed by atoms with Gasteiger partial charge in [-0.15, -0.1) is 0 Å². The molecule has 0 aromatic heterocycles. The van der Waals surface area contributed by atoms with Gasteiger partial charge in [-0.25, -0.2) is 0 Å². The van der Waals surface area contributed by atoms with E-state index in [1.54, 1.807) is 30.3 Å². The summed E-state index contributed by atoms with van der Waals surface area (Å²) in [6, 6.07) is 12.4. The fraction of sp³-hybridized carbons (Fsp3) is 0.143. The molecule has 4 nitrogen and oxygen atoms in total. The summed E-state index contributed by atoms with van der Waals surface area (Å²) >= 11 is 0. The van der Waals surface area contributed by atoms with Crippen molar-refractivity contribution in [3.63, 3.8) is 0 Å². The topological polar surface area (TPSA) is 80.9 Å². The second-order valence-electron chi connectivity index (χ2n) is 4.14. The van der Waals surface area contributed by atoms with E-state index < -0.39 is 5.79 Å². The van der Waals surface area contributed by atoms with Gasteiger partial charge in [-0.05, 0) is 23.8 Å². The zero-order chi connectivity index (χ0) is 13.2. The number of para-hydroxylation sites is 2. The van der Waals surface area contributed by atoms with Crippen molar-refractivity contribution in [1.29, 1.82) is 0 Å². The highest BCUT2D eigenvalue weighted by Gasteiger charge is 2.29. The number of phenolic OH excluding ortho intramolecular Hbond substituents is 2. The zero-order valence-corrected chi connectivity index (χ0v) is 9.61. The van der Waals surface area contributed by atoms with Crippen LogP contribution in [0.1, 0.15) is 11.1 Å². The van der Waals surface area contributed by atoms with Crippen LogP contribution in [0.2, 0.25) is 0 Å². The molecule has 0 aliphatic carbocycles. The maximum Gasteiger partial charge on any atom is 0.197 e. The van der Waals surface area contributed by atoms with Crippen molar-refractivity contribution < 1.29 is 20.4 Å². The van der Waals surface area contributed by atoms with Gasteiger partial charge in [0.2, 0.25) is 0 Å². The van der Waals surface area contributed by atoms with Crippen LogP contribution in [0.5, 0.6) is 11.5 Å². The number of aliphatic hydroxyl groups is 2. The molecule has 0 spiro atoms. The molecule has 0 radical (unpaired) electrons. The highest BCUT2D eigenvalue weighted by atomic mass is 16.5. The van der Waals surface area contributed by atoms with E-state index in [9.17, 15) is 20.4 Å². The van der Waals surface area contributed by atoms with Crippen molar-refractivity contribution in [1.82, 2.24) is 0 Å². The third kappa shape index (κ3) is 2.45. The van der Waals surface area contributed by atoms with E-state index in [1.807, 2.05) is 0 Å². The lowest BCUT2D eigenvalue weighted by atomic mass is 9.96. The number of hydrogen-bond acceptors (Lipinski definition) is 4. The Hall–Kier alpha value is -2.04. The quantitative estimate of drug-likeness (QED) is 0.618. The summed E-state index contributed by atoms with van der Waals surface area (Å²) in [6.07, 6.45) is -0.211. The number of benzene rings is 2. The average molecular weight is 246 g/mol. The van der Waals surface area contributed by atoms with Crippen molar-refractivity contribution >= 4 is 0 Å². The molecule has 0 aliphatic heterocycles. The summed E-state index contributed by atoms with van der Waals surface area (Å²) in [5.41, 5.74) is 0.402. The molecule has 2 aromatic carbocycles. The summed E-state index contributed by atoms with van der Waals surface area (Å²) in [4.78, 5) is 0. The molecule has 0 amide bonds. The molecule has 0 aliphatic rings. The van der Waals surface area contributed by atoms with E-state index in [4.69, 9.17) is 0 Å². The molecule has 0 atom stereocenters. The lowest BCUT2D eigenvalue weighted by Gasteiger charge is -2.23. The highest BCUT2D eigenvalue weighted by Crippen LogP contribution is 2.31. The Morgan fingerprint density at radius 3 is 1.94 bits per heavy atom. The molecule has 94 valence electrons. The summed E-state index contributed by atoms with van der Waals surface area (Å²) in [7, 11) is 0. The zero-order valence-electron chi connectivity index (χ0n) is 9.61. The highest BCUT2D eigenvalue weighted by molar-refractivity contribution is 5.39. The van der Waals surface area contributed by atoms with E-state index in [0.717, 1.165) is 0 Å². The fourth-order valence-electron chi connectivity index (χ4n) is 1.83. The molecule has 4 N–H and O–H groups in total. The molecular weight excluding hydrogens is 232 g/mol. The van der Waals surface area contributed by atoms with Crippen LogP contribution < -0.4 is 0 Å². The molecule has 0 unspecified atom stereocenters. The molecule has 0 saturated carbocycles. The first-order valence-corrected chi connectivity index (χ1v) is 5.51. The summed E-state index contributed by atoms with van der Waals surface area (Å²) in [5, 5.41) is 39.3. The summed E-state index contributed by atoms with van der Waals surface area (Å²) in [6.45, 7) is 0. The number of aromatic hydroxyl groups is 2. The fourth-order valence-corrected chi connectivity index (χ4v) is 1.83. The average Bonchev–Trinajstić information content (AvgIpc) is 2.32. The first-order chi connectivity index (χ1) is 8.50. The SMILES string of the molecule is Oc1ccccc1CC(O)(O)c1ccccc1O. The second kappa shape index (κ2) is 4.68. The Morgan fingerprint density at radius 1 is 0.778 bits per heavy atom. The van der Waals surface area contributed by atoms with Gasteiger partial charge in [-0.1, -0.05) is 30.3 Å². The Kier molecular flexibility index (Phi) is 3.23. The summed E-state index contributed by atoms with van der Waals surface area (Å²) in [5.74, 6) is -2.44. The van der Waals surface area contributed by atoms with E-state index in [1.165, 1.54) is 18.2 Å². The smallest absolute Gasteiger partial charge is 0.197 e. The Bertz CT molecular complexity index is 549. The monoisotopic (exact) mass is 246 g/mol. The van der Waals surface area contributed by atoms with E-state index >= 15 is 0 Å². The minimum atomic E-state index is -2.23. The first kappa shape index (κ1) is 12.4. The third-order valence-corrected chi connectivity index (χ3v) is 2.76. The minimum Gasteiger partial charge on any atom is -0.508 e. The molecule has 4 heteroatoms. The van der Waals surface area contributed by atoms with Crippen LogP contribution in [-0.2, 0) is 12.2 Å². The van der Waals surface area contributed by atoms with Crippen LogP contribution in [0.3, 0.4) is 0 Å². The van der Waals surface area contributed by atoms with Crippen LogP contribution >= 0.6 is 0 Å². The summed E-state index contributed by atoms with van der Waals surface area (Å²) < 4.78 is 0. The molecule has 0 saturated heterocycles. The maximum absolute atomic E-state index is 10.0. The second-order valence-corrected chi connectivity index (χ2v) is 4.14. The van der Waals surface area contributed by atoms with Gasteiger partial charge in [-0.2, -0.15) is 0 Å². The van der Waals surface area contributed by atoms with Crippen molar-refractivity contribution in [2.45, 2.75) is 12.2 Å². The van der Waals surface area contributed by atoms with Crippen LogP contribution in [0.25, 0.3) is 0 Å². The normalized spacial score (nSPS) is 11.4. The Balaban J connectivity index is 2.33. The van der Waals surface area contributed by atoms with E-state index in [2.05, 4.69) is 0 Å². The molecule has 18 heavy (non-hydrogen) atoms. The van der Waals surface area contributed by atoms with Gasteiger partial charge in [0.15, 0.2) is 5.79 Å². The predicted octanol–water partition coefficient (Wildman–Crippen LogP) is 1.48. The first-order valence-electron chi connectivity index (χ1n) is 5.51. The van der Waals surface area contributed by atoms with Crippen molar-refractivity contribution in [2.24, 2.45) is 0 Å². The standard InChI is InChI=1S/C14H14O4/c15-12-7-3-1-5-10(12)9-14(17,18)11-6-2-4-8-13(11)16/h1-8,15-18H,9H2. The molecule has 2 rings (SSSR count). The number of rotatable bonds is 3. The van der Waals surface area contributed by atoms with Gasteiger partial charge in [-0.3, -0.25) is 0 Å². The number of hydrogen-bond donors (Lipinski definition) is 4. The molecular formula is C14H14O4. The molecule has 2 aromatic rings. The van der Waals surface area contributed by atoms with Gasteiger partial charge >= 0.3 is 0 Å². The van der Waals surface area contributed by atoms with Crippen molar-refractivity contribution in [2.75, 3.05) is 0 Å². The number of phenols is 2. The maximum atomic E-state index is 10.0. The van der Waals surface area contributed by atoms with Crippen LogP contribution in [0.15, 0.2) is 48.5 Å². The Labute approximate surface area is 104 Å². The molecule has 0 bridgehead atoms. The van der Waals surface area contributed by atoms with Crippen molar-refractivity contribution in [3.05, 3.63) is 59.7 Å². The van der Waals surface area contributed by atoms with Gasteiger partial charge in [0.25, 0.3) is 0 Å². The van der Waals surface area contributed by atoms with E-state index in [-0.39, 0.29) is 23.5 Å². The third-order valence-electron chi connectivity index (χ3n) is 2.76. The molecule has 0 heterocycles. The van der Waals surface area contributed by atoms with Crippen LogP contribution in [0.4, 0.5) is 0 Å². The van der Waals surface area contributed by atoms with Crippen LogP contribution in [-0.4, -0.2) is 20.4 Å². The lowest BCUT2D eigenvalue weighted by Crippen LogP contribution is -2.28.